The van der Waals surface area contributed by atoms with Crippen molar-refractivity contribution in [2.45, 2.75) is 13.3 Å². The molecular formula is C13H22N2O2. The zero-order chi connectivity index (χ0) is 12.5. The molecule has 0 radical (unpaired) electrons. The van der Waals surface area contributed by atoms with Gasteiger partial charge >= 0.3 is 0 Å². The first-order chi connectivity index (χ1) is 8.26. The Morgan fingerprint density at radius 3 is 2.82 bits per heavy atom. The Hall–Kier alpha value is -1.26. The molecule has 0 heterocycles. The number of anilines is 1. The van der Waals surface area contributed by atoms with Gasteiger partial charge in [-0.15, -0.1) is 0 Å². The van der Waals surface area contributed by atoms with Gasteiger partial charge in [0.25, 0.3) is 0 Å². The molecule has 0 saturated heterocycles. The molecule has 4 heteroatoms. The van der Waals surface area contributed by atoms with E-state index in [-0.39, 0.29) is 6.61 Å². The van der Waals surface area contributed by atoms with Gasteiger partial charge < -0.3 is 20.5 Å². The van der Waals surface area contributed by atoms with Gasteiger partial charge in [-0.2, -0.15) is 0 Å². The van der Waals surface area contributed by atoms with E-state index in [0.717, 1.165) is 37.5 Å². The number of ether oxygens (including phenoxy) is 1. The lowest BCUT2D eigenvalue weighted by molar-refractivity contribution is 0.189. The third-order valence-electron chi connectivity index (χ3n) is 2.61. The van der Waals surface area contributed by atoms with Crippen molar-refractivity contribution in [2.75, 3.05) is 38.6 Å². The minimum absolute atomic E-state index is 0.212. The van der Waals surface area contributed by atoms with E-state index in [1.165, 1.54) is 0 Å². The normalized spacial score (nSPS) is 10.8. The number of hydrogen-bond acceptors (Lipinski definition) is 4. The first-order valence-corrected chi connectivity index (χ1v) is 6.07. The second-order valence-electron chi connectivity index (χ2n) is 3.93. The summed E-state index contributed by atoms with van der Waals surface area (Å²) in [4.78, 5) is 2.20. The van der Waals surface area contributed by atoms with Crippen LogP contribution in [0.1, 0.15) is 13.3 Å². The molecule has 1 aromatic carbocycles. The van der Waals surface area contributed by atoms with Gasteiger partial charge in [-0.05, 0) is 25.1 Å². The highest BCUT2D eigenvalue weighted by molar-refractivity contribution is 5.43. The minimum atomic E-state index is 0.212. The van der Waals surface area contributed by atoms with Crippen LogP contribution >= 0.6 is 0 Å². The number of rotatable bonds is 8. The molecule has 0 aliphatic heterocycles. The van der Waals surface area contributed by atoms with E-state index in [0.29, 0.717) is 6.61 Å². The molecule has 0 bridgehead atoms. The molecule has 0 aliphatic carbocycles. The molecule has 0 fully saturated rings. The predicted octanol–water partition coefficient (Wildman–Crippen LogP) is 1.35. The second-order valence-corrected chi connectivity index (χ2v) is 3.93. The van der Waals surface area contributed by atoms with Crippen LogP contribution in [0.4, 0.5) is 5.69 Å². The maximum atomic E-state index is 8.85. The highest BCUT2D eigenvalue weighted by Gasteiger charge is 2.01. The average molecular weight is 238 g/mol. The Bertz CT molecular complexity index is 318. The van der Waals surface area contributed by atoms with Crippen LogP contribution in [-0.4, -0.2) is 42.9 Å². The van der Waals surface area contributed by atoms with Gasteiger partial charge in [0.1, 0.15) is 5.75 Å². The van der Waals surface area contributed by atoms with Gasteiger partial charge in [-0.25, -0.2) is 0 Å². The van der Waals surface area contributed by atoms with Gasteiger partial charge in [-0.1, -0.05) is 13.0 Å². The summed E-state index contributed by atoms with van der Waals surface area (Å²) in [5, 5.41) is 8.85. The Kier molecular flexibility index (Phi) is 6.43. The van der Waals surface area contributed by atoms with Gasteiger partial charge in [0.2, 0.25) is 0 Å². The lowest BCUT2D eigenvalue weighted by atomic mass is 10.3. The molecule has 0 saturated carbocycles. The predicted molar refractivity (Wildman–Crippen MR) is 70.2 cm³/mol. The van der Waals surface area contributed by atoms with Crippen LogP contribution < -0.4 is 10.5 Å². The summed E-state index contributed by atoms with van der Waals surface area (Å²) in [5.74, 6) is 0.815. The molecule has 0 aromatic heterocycles. The van der Waals surface area contributed by atoms with Gasteiger partial charge in [0.05, 0.1) is 13.2 Å². The van der Waals surface area contributed by atoms with Crippen LogP contribution in [0, 0.1) is 0 Å². The summed E-state index contributed by atoms with van der Waals surface area (Å²) in [6, 6.07) is 7.45. The van der Waals surface area contributed by atoms with Crippen LogP contribution in [0.3, 0.4) is 0 Å². The van der Waals surface area contributed by atoms with Gasteiger partial charge in [0, 0.05) is 24.8 Å². The Balaban J connectivity index is 2.19. The van der Waals surface area contributed by atoms with Crippen LogP contribution in [-0.2, 0) is 0 Å². The molecule has 17 heavy (non-hydrogen) atoms. The van der Waals surface area contributed by atoms with E-state index in [2.05, 4.69) is 11.8 Å². The number of nitrogen functional groups attached to an aromatic ring is 1. The lowest BCUT2D eigenvalue weighted by Crippen LogP contribution is -2.28. The Labute approximate surface area is 103 Å². The number of aliphatic hydroxyl groups is 1. The standard InChI is InChI=1S/C13H22N2O2/c1-2-15(8-9-16)7-4-10-17-13-6-3-5-12(14)11-13/h3,5-6,11,16H,2,4,7-10,14H2,1H3. The SMILES string of the molecule is CCN(CCO)CCCOc1cccc(N)c1. The lowest BCUT2D eigenvalue weighted by Gasteiger charge is -2.18. The van der Waals surface area contributed by atoms with Gasteiger partial charge in [0.15, 0.2) is 0 Å². The fraction of sp³-hybridized carbons (Fsp3) is 0.538. The van der Waals surface area contributed by atoms with E-state index in [4.69, 9.17) is 15.6 Å². The third kappa shape index (κ3) is 5.56. The highest BCUT2D eigenvalue weighted by atomic mass is 16.5. The maximum absolute atomic E-state index is 8.85. The van der Waals surface area contributed by atoms with E-state index >= 15 is 0 Å². The summed E-state index contributed by atoms with van der Waals surface area (Å²) in [6.07, 6.45) is 0.947. The van der Waals surface area contributed by atoms with Crippen molar-refractivity contribution < 1.29 is 9.84 Å². The summed E-state index contributed by atoms with van der Waals surface area (Å²) in [6.45, 7) is 5.61. The van der Waals surface area contributed by atoms with Crippen LogP contribution in [0.2, 0.25) is 0 Å². The number of likely N-dealkylation sites (N-methyl/N-ethyl adjacent to an activating group) is 1. The molecule has 0 spiro atoms. The molecule has 0 atom stereocenters. The van der Waals surface area contributed by atoms with Crippen LogP contribution in [0.25, 0.3) is 0 Å². The largest absolute Gasteiger partial charge is 0.493 e. The summed E-state index contributed by atoms with van der Waals surface area (Å²) in [5.41, 5.74) is 6.38. The first kappa shape index (κ1) is 13.8. The number of nitrogens with zero attached hydrogens (tertiary/aromatic N) is 1. The number of hydrogen-bond donors (Lipinski definition) is 2. The molecule has 0 aliphatic rings. The zero-order valence-electron chi connectivity index (χ0n) is 10.4. The molecule has 1 aromatic rings. The molecule has 1 rings (SSSR count). The fourth-order valence-corrected chi connectivity index (χ4v) is 1.65. The number of nitrogens with two attached hydrogens (primary N) is 1. The van der Waals surface area contributed by atoms with Crippen LogP contribution in [0.5, 0.6) is 5.75 Å². The van der Waals surface area contributed by atoms with Crippen molar-refractivity contribution in [3.05, 3.63) is 24.3 Å². The molecule has 0 amide bonds. The summed E-state index contributed by atoms with van der Waals surface area (Å²) < 4.78 is 5.59. The van der Waals surface area contributed by atoms with Crippen molar-refractivity contribution in [1.82, 2.24) is 4.90 Å². The minimum Gasteiger partial charge on any atom is -0.493 e. The molecule has 4 nitrogen and oxygen atoms in total. The molecule has 0 unspecified atom stereocenters. The zero-order valence-corrected chi connectivity index (χ0v) is 10.4. The van der Waals surface area contributed by atoms with Crippen molar-refractivity contribution in [3.63, 3.8) is 0 Å². The monoisotopic (exact) mass is 238 g/mol. The number of benzene rings is 1. The maximum Gasteiger partial charge on any atom is 0.121 e. The van der Waals surface area contributed by atoms with E-state index < -0.39 is 0 Å². The molecular weight excluding hydrogens is 216 g/mol. The second kappa shape index (κ2) is 7.92. The topological polar surface area (TPSA) is 58.7 Å². The number of aliphatic hydroxyl groups excluding tert-OH is 1. The smallest absolute Gasteiger partial charge is 0.121 e. The third-order valence-corrected chi connectivity index (χ3v) is 2.61. The fourth-order valence-electron chi connectivity index (χ4n) is 1.65. The van der Waals surface area contributed by atoms with Crippen molar-refractivity contribution in [2.24, 2.45) is 0 Å². The quantitative estimate of drug-likeness (QED) is 0.530. The highest BCUT2D eigenvalue weighted by Crippen LogP contribution is 2.14. The van der Waals surface area contributed by atoms with Crippen molar-refractivity contribution in [1.29, 1.82) is 0 Å². The van der Waals surface area contributed by atoms with E-state index in [9.17, 15) is 0 Å². The van der Waals surface area contributed by atoms with E-state index in [1.54, 1.807) is 0 Å². The Morgan fingerprint density at radius 1 is 1.35 bits per heavy atom. The van der Waals surface area contributed by atoms with E-state index in [1.807, 2.05) is 24.3 Å². The first-order valence-electron chi connectivity index (χ1n) is 6.07. The van der Waals surface area contributed by atoms with Crippen molar-refractivity contribution in [3.8, 4) is 5.75 Å². The van der Waals surface area contributed by atoms with Gasteiger partial charge in [-0.3, -0.25) is 0 Å². The summed E-state index contributed by atoms with van der Waals surface area (Å²) in [7, 11) is 0. The average Bonchev–Trinajstić information content (AvgIpc) is 2.33. The molecule has 3 N–H and O–H groups in total. The molecule has 96 valence electrons. The van der Waals surface area contributed by atoms with Crippen molar-refractivity contribution >= 4 is 5.69 Å². The Morgan fingerprint density at radius 2 is 2.18 bits per heavy atom. The summed E-state index contributed by atoms with van der Waals surface area (Å²) >= 11 is 0. The van der Waals surface area contributed by atoms with Crippen LogP contribution in [0.15, 0.2) is 24.3 Å².